The largest absolute Gasteiger partial charge is 0.507 e. The molecule has 0 saturated carbocycles. The van der Waals surface area contributed by atoms with Crippen LogP contribution in [-0.2, 0) is 11.2 Å². The standard InChI is InChI=1S/C24H25ClO6/c1-11-5-6-24-15(10-18(25)23(3,4)31-24)21(29)19-14(22(24)30)9-17(27)13(20(19)28)8-12(2)16(26)7-11/h5,9-10,16,18,26-28H,2,6-8H2,1,3-4H3/b11-5-/t16-,18+,24+/m0/s1. The molecule has 0 radical (unpaired) electrons. The third-order valence-corrected chi connectivity index (χ3v) is 7.09. The summed E-state index contributed by atoms with van der Waals surface area (Å²) in [6.45, 7) is 9.17. The number of hydrogen-bond donors (Lipinski definition) is 3. The van der Waals surface area contributed by atoms with Crippen molar-refractivity contribution in [2.75, 3.05) is 0 Å². The van der Waals surface area contributed by atoms with Crippen molar-refractivity contribution in [1.29, 1.82) is 0 Å². The normalized spacial score (nSPS) is 31.8. The van der Waals surface area contributed by atoms with E-state index in [1.54, 1.807) is 19.9 Å². The number of rotatable bonds is 0. The minimum absolute atomic E-state index is 0.0393. The van der Waals surface area contributed by atoms with Gasteiger partial charge in [0.15, 0.2) is 11.4 Å². The summed E-state index contributed by atoms with van der Waals surface area (Å²) >= 11 is 6.46. The van der Waals surface area contributed by atoms with E-state index in [0.717, 1.165) is 5.57 Å². The number of aliphatic hydroxyl groups excluding tert-OH is 1. The Balaban J connectivity index is 2.07. The summed E-state index contributed by atoms with van der Waals surface area (Å²) in [6.07, 6.45) is 2.64. The van der Waals surface area contributed by atoms with Gasteiger partial charge in [-0.2, -0.15) is 0 Å². The van der Waals surface area contributed by atoms with Gasteiger partial charge in [0.1, 0.15) is 11.5 Å². The average Bonchev–Trinajstić information content (AvgIpc) is 2.69. The zero-order valence-corrected chi connectivity index (χ0v) is 18.4. The van der Waals surface area contributed by atoms with E-state index in [4.69, 9.17) is 16.3 Å². The molecule has 1 spiro atoms. The minimum atomic E-state index is -1.64. The van der Waals surface area contributed by atoms with E-state index < -0.39 is 40.0 Å². The lowest BCUT2D eigenvalue weighted by Crippen LogP contribution is -2.58. The van der Waals surface area contributed by atoms with Crippen LogP contribution in [0.2, 0.25) is 0 Å². The molecule has 1 aromatic rings. The number of benzene rings is 1. The van der Waals surface area contributed by atoms with E-state index in [1.807, 2.05) is 6.92 Å². The minimum Gasteiger partial charge on any atom is -0.507 e. The quantitative estimate of drug-likeness (QED) is 0.416. The van der Waals surface area contributed by atoms with Crippen LogP contribution in [0.15, 0.2) is 41.5 Å². The second-order valence-corrected chi connectivity index (χ2v) is 9.60. The Kier molecular flexibility index (Phi) is 4.96. The lowest BCUT2D eigenvalue weighted by molar-refractivity contribution is -0.103. The maximum Gasteiger partial charge on any atom is 0.200 e. The number of alkyl halides is 1. The molecule has 6 nitrogen and oxygen atoms in total. The number of ketones is 2. The Morgan fingerprint density at radius 3 is 2.61 bits per heavy atom. The van der Waals surface area contributed by atoms with Crippen molar-refractivity contribution in [2.24, 2.45) is 0 Å². The molecule has 164 valence electrons. The number of halogens is 1. The van der Waals surface area contributed by atoms with Gasteiger partial charge in [0.05, 0.1) is 22.6 Å². The topological polar surface area (TPSA) is 104 Å². The van der Waals surface area contributed by atoms with Crippen LogP contribution in [0, 0.1) is 0 Å². The molecule has 3 N–H and O–H groups in total. The SMILES string of the molecule is C=C1Cc2c(O)cc3c(c2O)C(=O)C2=C[C@@H](Cl)C(C)(C)O[C@@]2(C/C=C(/C)C[C@@H]1O)C3=O. The second kappa shape index (κ2) is 7.05. The highest BCUT2D eigenvalue weighted by atomic mass is 35.5. The third kappa shape index (κ3) is 3.16. The number of fused-ring (bicyclic) bond motifs is 1. The molecule has 3 atom stereocenters. The Morgan fingerprint density at radius 2 is 1.94 bits per heavy atom. The zero-order valence-electron chi connectivity index (χ0n) is 17.7. The highest BCUT2D eigenvalue weighted by molar-refractivity contribution is 6.30. The molecule has 0 unspecified atom stereocenters. The molecule has 4 bridgehead atoms. The first-order valence-corrected chi connectivity index (χ1v) is 10.6. The number of Topliss-reactive ketones (excluding diaryl/α,β-unsaturated/α-hetero) is 2. The Hall–Kier alpha value is -2.41. The van der Waals surface area contributed by atoms with Gasteiger partial charge in [-0.1, -0.05) is 24.3 Å². The van der Waals surface area contributed by atoms with Crippen molar-refractivity contribution in [3.05, 3.63) is 58.2 Å². The predicted molar refractivity (Wildman–Crippen MR) is 116 cm³/mol. The molecule has 0 fully saturated rings. The number of aromatic hydroxyl groups is 2. The summed E-state index contributed by atoms with van der Waals surface area (Å²) < 4.78 is 6.26. The molecular formula is C24H25ClO6. The number of carbonyl (C=O) groups is 2. The number of carbonyl (C=O) groups excluding carboxylic acids is 2. The highest BCUT2D eigenvalue weighted by Gasteiger charge is 2.57. The van der Waals surface area contributed by atoms with Crippen LogP contribution in [0.25, 0.3) is 0 Å². The van der Waals surface area contributed by atoms with Crippen LogP contribution in [-0.4, -0.2) is 49.6 Å². The van der Waals surface area contributed by atoms with E-state index in [9.17, 15) is 24.9 Å². The molecule has 0 aromatic heterocycles. The first-order valence-electron chi connectivity index (χ1n) is 10.1. The lowest BCUT2D eigenvalue weighted by Gasteiger charge is -2.48. The van der Waals surface area contributed by atoms with Crippen LogP contribution in [0.5, 0.6) is 11.5 Å². The zero-order chi connectivity index (χ0) is 22.9. The fraction of sp³-hybridized carbons (Fsp3) is 0.417. The highest BCUT2D eigenvalue weighted by Crippen LogP contribution is 2.50. The molecule has 4 aliphatic carbocycles. The van der Waals surface area contributed by atoms with Crippen LogP contribution in [0.4, 0.5) is 0 Å². The number of hydrogen-bond acceptors (Lipinski definition) is 6. The fourth-order valence-electron chi connectivity index (χ4n) is 4.54. The van der Waals surface area contributed by atoms with Gasteiger partial charge in [0, 0.05) is 29.5 Å². The maximum atomic E-state index is 13.8. The number of phenolic OH excluding ortho intramolecular Hbond substituents is 2. The van der Waals surface area contributed by atoms with Crippen molar-refractivity contribution >= 4 is 23.2 Å². The Bertz CT molecular complexity index is 1100. The number of ether oxygens (including phenoxy) is 1. The van der Waals surface area contributed by atoms with Crippen LogP contribution < -0.4 is 0 Å². The van der Waals surface area contributed by atoms with Crippen molar-refractivity contribution in [1.82, 2.24) is 0 Å². The van der Waals surface area contributed by atoms with E-state index in [1.165, 1.54) is 12.1 Å². The van der Waals surface area contributed by atoms with Gasteiger partial charge in [0.25, 0.3) is 0 Å². The van der Waals surface area contributed by atoms with Crippen LogP contribution >= 0.6 is 11.6 Å². The monoisotopic (exact) mass is 444 g/mol. The van der Waals surface area contributed by atoms with Crippen molar-refractivity contribution < 1.29 is 29.6 Å². The van der Waals surface area contributed by atoms with Gasteiger partial charge >= 0.3 is 0 Å². The van der Waals surface area contributed by atoms with Gasteiger partial charge in [-0.15, -0.1) is 11.6 Å². The summed E-state index contributed by atoms with van der Waals surface area (Å²) in [6, 6.07) is 1.19. The van der Waals surface area contributed by atoms with E-state index >= 15 is 0 Å². The van der Waals surface area contributed by atoms with Crippen molar-refractivity contribution in [3.8, 4) is 11.5 Å². The molecule has 6 rings (SSSR count). The summed E-state index contributed by atoms with van der Waals surface area (Å²) in [4.78, 5) is 27.3. The molecule has 1 heterocycles. The molecule has 31 heavy (non-hydrogen) atoms. The molecule has 7 heteroatoms. The van der Waals surface area contributed by atoms with E-state index in [0.29, 0.717) is 5.57 Å². The van der Waals surface area contributed by atoms with Gasteiger partial charge in [-0.05, 0) is 38.8 Å². The Labute approximate surface area is 185 Å². The molecular weight excluding hydrogens is 420 g/mol. The molecule has 5 aliphatic rings. The fourth-order valence-corrected chi connectivity index (χ4v) is 4.71. The van der Waals surface area contributed by atoms with Crippen LogP contribution in [0.3, 0.4) is 0 Å². The summed E-state index contributed by atoms with van der Waals surface area (Å²) in [5, 5.41) is 31.4. The lowest BCUT2D eigenvalue weighted by atomic mass is 9.69. The van der Waals surface area contributed by atoms with Gasteiger partial charge in [-0.25, -0.2) is 0 Å². The smallest absolute Gasteiger partial charge is 0.200 e. The molecule has 0 saturated heterocycles. The molecule has 0 amide bonds. The summed E-state index contributed by atoms with van der Waals surface area (Å²) in [7, 11) is 0. The first kappa shape index (κ1) is 21.8. The van der Waals surface area contributed by atoms with Crippen molar-refractivity contribution in [2.45, 2.75) is 62.7 Å². The predicted octanol–water partition coefficient (Wildman–Crippen LogP) is 3.76. The van der Waals surface area contributed by atoms with E-state index in [-0.39, 0.29) is 47.3 Å². The number of aliphatic hydroxyl groups is 1. The second-order valence-electron chi connectivity index (χ2n) is 9.13. The third-order valence-electron chi connectivity index (χ3n) is 6.44. The van der Waals surface area contributed by atoms with Crippen LogP contribution in [0.1, 0.15) is 59.9 Å². The molecule has 1 aliphatic heterocycles. The van der Waals surface area contributed by atoms with E-state index in [2.05, 4.69) is 6.58 Å². The van der Waals surface area contributed by atoms with Crippen molar-refractivity contribution in [3.63, 3.8) is 0 Å². The van der Waals surface area contributed by atoms with Gasteiger partial charge < -0.3 is 20.1 Å². The van der Waals surface area contributed by atoms with Gasteiger partial charge in [0.2, 0.25) is 5.78 Å². The maximum absolute atomic E-state index is 13.8. The first-order chi connectivity index (χ1) is 14.4. The van der Waals surface area contributed by atoms with Gasteiger partial charge in [-0.3, -0.25) is 9.59 Å². The Morgan fingerprint density at radius 1 is 1.26 bits per heavy atom. The molecule has 1 aromatic carbocycles. The summed E-state index contributed by atoms with van der Waals surface area (Å²) in [5.41, 5.74) is -1.59. The number of phenols is 2. The average molecular weight is 445 g/mol. The summed E-state index contributed by atoms with van der Waals surface area (Å²) in [5.74, 6) is -1.92.